The van der Waals surface area contributed by atoms with Crippen molar-refractivity contribution >= 4 is 12.0 Å². The second kappa shape index (κ2) is 8.02. The van der Waals surface area contributed by atoms with Crippen molar-refractivity contribution in [3.8, 4) is 0 Å². The van der Waals surface area contributed by atoms with Crippen molar-refractivity contribution in [1.29, 1.82) is 0 Å². The van der Waals surface area contributed by atoms with E-state index in [4.69, 9.17) is 5.11 Å². The first kappa shape index (κ1) is 15.8. The number of hydrogen-bond donors (Lipinski definition) is 2. The standard InChI is InChI=1S/C14H26N2O3/c1-3-16(8-7-13(17)18)14(19)15-10-12-6-4-5-11(2)9-12/h11-12H,3-10H2,1-2H3,(H,15,19)(H,17,18). The third kappa shape index (κ3) is 5.94. The van der Waals surface area contributed by atoms with Crippen molar-refractivity contribution in [2.24, 2.45) is 11.8 Å². The Labute approximate surface area is 115 Å². The van der Waals surface area contributed by atoms with Crippen LogP contribution in [0, 0.1) is 11.8 Å². The molecule has 0 heterocycles. The molecule has 110 valence electrons. The normalized spacial score (nSPS) is 22.8. The van der Waals surface area contributed by atoms with E-state index >= 15 is 0 Å². The Kier molecular flexibility index (Phi) is 6.67. The van der Waals surface area contributed by atoms with Gasteiger partial charge in [-0.05, 0) is 31.6 Å². The first-order valence-corrected chi connectivity index (χ1v) is 7.27. The SMILES string of the molecule is CCN(CCC(=O)O)C(=O)NCC1CCCC(C)C1. The van der Waals surface area contributed by atoms with Gasteiger partial charge < -0.3 is 15.3 Å². The Bertz CT molecular complexity index is 307. The van der Waals surface area contributed by atoms with E-state index in [1.807, 2.05) is 6.92 Å². The number of aliphatic carboxylic acids is 1. The molecule has 2 amide bonds. The zero-order valence-electron chi connectivity index (χ0n) is 12.0. The molecule has 0 saturated heterocycles. The average Bonchev–Trinajstić information content (AvgIpc) is 2.37. The molecule has 2 atom stereocenters. The van der Waals surface area contributed by atoms with Gasteiger partial charge in [0.2, 0.25) is 0 Å². The molecule has 2 unspecified atom stereocenters. The molecular formula is C14H26N2O3. The lowest BCUT2D eigenvalue weighted by Gasteiger charge is -2.28. The van der Waals surface area contributed by atoms with Gasteiger partial charge in [-0.15, -0.1) is 0 Å². The zero-order valence-corrected chi connectivity index (χ0v) is 12.0. The van der Waals surface area contributed by atoms with Crippen LogP contribution in [0.4, 0.5) is 4.79 Å². The molecule has 0 radical (unpaired) electrons. The van der Waals surface area contributed by atoms with Crippen LogP contribution in [0.5, 0.6) is 0 Å². The Morgan fingerprint density at radius 2 is 2.11 bits per heavy atom. The average molecular weight is 270 g/mol. The topological polar surface area (TPSA) is 69.6 Å². The Balaban J connectivity index is 2.29. The van der Waals surface area contributed by atoms with Crippen molar-refractivity contribution in [3.05, 3.63) is 0 Å². The summed E-state index contributed by atoms with van der Waals surface area (Å²) in [6.07, 6.45) is 4.91. The van der Waals surface area contributed by atoms with Gasteiger partial charge in [-0.1, -0.05) is 19.8 Å². The van der Waals surface area contributed by atoms with Crippen LogP contribution in [0.25, 0.3) is 0 Å². The number of rotatable bonds is 6. The van der Waals surface area contributed by atoms with Crippen LogP contribution in [-0.4, -0.2) is 41.6 Å². The van der Waals surface area contributed by atoms with E-state index in [-0.39, 0.29) is 19.0 Å². The van der Waals surface area contributed by atoms with Crippen LogP contribution in [0.2, 0.25) is 0 Å². The fourth-order valence-corrected chi connectivity index (χ4v) is 2.72. The minimum absolute atomic E-state index is 0.00171. The molecule has 0 aliphatic heterocycles. The molecule has 0 bridgehead atoms. The molecule has 2 N–H and O–H groups in total. The second-order valence-electron chi connectivity index (χ2n) is 5.55. The highest BCUT2D eigenvalue weighted by atomic mass is 16.4. The van der Waals surface area contributed by atoms with Crippen molar-refractivity contribution < 1.29 is 14.7 Å². The van der Waals surface area contributed by atoms with Crippen LogP contribution >= 0.6 is 0 Å². The summed E-state index contributed by atoms with van der Waals surface area (Å²) in [5, 5.41) is 11.6. The van der Waals surface area contributed by atoms with Gasteiger partial charge in [0.1, 0.15) is 0 Å². The summed E-state index contributed by atoms with van der Waals surface area (Å²) in [5.74, 6) is 0.461. The lowest BCUT2D eigenvalue weighted by molar-refractivity contribution is -0.137. The van der Waals surface area contributed by atoms with Gasteiger partial charge in [0, 0.05) is 19.6 Å². The Morgan fingerprint density at radius 3 is 2.68 bits per heavy atom. The third-order valence-corrected chi connectivity index (χ3v) is 3.85. The molecule has 5 heteroatoms. The third-order valence-electron chi connectivity index (χ3n) is 3.85. The fourth-order valence-electron chi connectivity index (χ4n) is 2.72. The first-order chi connectivity index (χ1) is 9.02. The van der Waals surface area contributed by atoms with Gasteiger partial charge in [-0.3, -0.25) is 4.79 Å². The highest BCUT2D eigenvalue weighted by Gasteiger charge is 2.20. The predicted octanol–water partition coefficient (Wildman–Crippen LogP) is 2.32. The summed E-state index contributed by atoms with van der Waals surface area (Å²) in [7, 11) is 0. The van der Waals surface area contributed by atoms with Crippen LogP contribution in [-0.2, 0) is 4.79 Å². The molecule has 1 saturated carbocycles. The number of nitrogens with one attached hydrogen (secondary N) is 1. The molecule has 1 fully saturated rings. The number of carbonyl (C=O) groups is 2. The maximum Gasteiger partial charge on any atom is 0.317 e. The monoisotopic (exact) mass is 270 g/mol. The van der Waals surface area contributed by atoms with E-state index < -0.39 is 5.97 Å². The lowest BCUT2D eigenvalue weighted by Crippen LogP contribution is -2.43. The summed E-state index contributed by atoms with van der Waals surface area (Å²) in [6.45, 7) is 5.66. The van der Waals surface area contributed by atoms with Gasteiger partial charge in [0.15, 0.2) is 0 Å². The fraction of sp³-hybridized carbons (Fsp3) is 0.857. The van der Waals surface area contributed by atoms with Crippen LogP contribution in [0.3, 0.4) is 0 Å². The second-order valence-corrected chi connectivity index (χ2v) is 5.55. The minimum Gasteiger partial charge on any atom is -0.481 e. The minimum atomic E-state index is -0.868. The molecule has 0 aromatic heterocycles. The number of amides is 2. The Morgan fingerprint density at radius 1 is 1.37 bits per heavy atom. The van der Waals surface area contributed by atoms with E-state index in [2.05, 4.69) is 12.2 Å². The van der Waals surface area contributed by atoms with Crippen LogP contribution < -0.4 is 5.32 Å². The maximum atomic E-state index is 11.9. The molecule has 5 nitrogen and oxygen atoms in total. The molecule has 0 aromatic rings. The van der Waals surface area contributed by atoms with Gasteiger partial charge in [-0.25, -0.2) is 4.79 Å². The summed E-state index contributed by atoms with van der Waals surface area (Å²) < 4.78 is 0. The van der Waals surface area contributed by atoms with Crippen molar-refractivity contribution in [3.63, 3.8) is 0 Å². The highest BCUT2D eigenvalue weighted by Crippen LogP contribution is 2.27. The predicted molar refractivity (Wildman–Crippen MR) is 74.0 cm³/mol. The highest BCUT2D eigenvalue weighted by molar-refractivity contribution is 5.75. The zero-order chi connectivity index (χ0) is 14.3. The van der Waals surface area contributed by atoms with Crippen LogP contribution in [0.1, 0.15) is 46.0 Å². The van der Waals surface area contributed by atoms with Crippen molar-refractivity contribution in [2.45, 2.75) is 46.0 Å². The van der Waals surface area contributed by atoms with E-state index in [1.54, 1.807) is 4.90 Å². The van der Waals surface area contributed by atoms with Gasteiger partial charge in [0.25, 0.3) is 0 Å². The molecule has 1 rings (SSSR count). The number of urea groups is 1. The van der Waals surface area contributed by atoms with Crippen LogP contribution in [0.15, 0.2) is 0 Å². The molecule has 19 heavy (non-hydrogen) atoms. The van der Waals surface area contributed by atoms with Gasteiger partial charge in [-0.2, -0.15) is 0 Å². The van der Waals surface area contributed by atoms with E-state index in [0.29, 0.717) is 19.0 Å². The van der Waals surface area contributed by atoms with Gasteiger partial charge >= 0.3 is 12.0 Å². The van der Waals surface area contributed by atoms with Gasteiger partial charge in [0.05, 0.1) is 6.42 Å². The number of hydrogen-bond acceptors (Lipinski definition) is 2. The van der Waals surface area contributed by atoms with Crippen molar-refractivity contribution in [2.75, 3.05) is 19.6 Å². The Hall–Kier alpha value is -1.26. The molecule has 0 spiro atoms. The molecular weight excluding hydrogens is 244 g/mol. The summed E-state index contributed by atoms with van der Waals surface area (Å²) in [4.78, 5) is 24.0. The summed E-state index contributed by atoms with van der Waals surface area (Å²) >= 11 is 0. The molecule has 1 aliphatic carbocycles. The van der Waals surface area contributed by atoms with Crippen molar-refractivity contribution in [1.82, 2.24) is 10.2 Å². The quantitative estimate of drug-likeness (QED) is 0.778. The largest absolute Gasteiger partial charge is 0.481 e. The maximum absolute atomic E-state index is 11.9. The number of carboxylic acids is 1. The van der Waals surface area contributed by atoms with E-state index in [1.165, 1.54) is 25.7 Å². The molecule has 1 aliphatic rings. The first-order valence-electron chi connectivity index (χ1n) is 7.27. The van der Waals surface area contributed by atoms with E-state index in [0.717, 1.165) is 5.92 Å². The molecule has 0 aromatic carbocycles. The number of nitrogens with zero attached hydrogens (tertiary/aromatic N) is 1. The number of carbonyl (C=O) groups excluding carboxylic acids is 1. The summed E-state index contributed by atoms with van der Waals surface area (Å²) in [6, 6.07) is -0.137. The smallest absolute Gasteiger partial charge is 0.317 e. The van der Waals surface area contributed by atoms with E-state index in [9.17, 15) is 9.59 Å². The number of carboxylic acid groups (broad SMARTS) is 1. The summed E-state index contributed by atoms with van der Waals surface area (Å²) in [5.41, 5.74) is 0. The lowest BCUT2D eigenvalue weighted by atomic mass is 9.82.